The second-order valence-corrected chi connectivity index (χ2v) is 8.18. The van der Waals surface area contributed by atoms with E-state index in [0.717, 1.165) is 25.8 Å². The molecule has 0 bridgehead atoms. The standard InChI is InChI=1S/C23H31NO2.BrH/c1-17-23(2,3)22-19-12-9-8-11-18(19)14-15-20(22)24(17)16-10-6-4-5-7-13-21(25)26;/h8-9,11-12,14-15,17H,4-7,10,13,16H2,1-3H3,(H,25,26);1H. The number of fused-ring (bicyclic) bond motifs is 3. The summed E-state index contributed by atoms with van der Waals surface area (Å²) < 4.78 is 0. The fourth-order valence-corrected chi connectivity index (χ4v) is 4.39. The summed E-state index contributed by atoms with van der Waals surface area (Å²) in [5, 5.41) is 11.4. The summed E-state index contributed by atoms with van der Waals surface area (Å²) >= 11 is 0. The average molecular weight is 434 g/mol. The number of hydrogen-bond donors (Lipinski definition) is 1. The maximum Gasteiger partial charge on any atom is 0.303 e. The van der Waals surface area contributed by atoms with Gasteiger partial charge in [-0.05, 0) is 42.2 Å². The number of carboxylic acids is 1. The lowest BCUT2D eigenvalue weighted by Crippen LogP contribution is -2.39. The minimum absolute atomic E-state index is 0. The Balaban J connectivity index is 0.00000261. The van der Waals surface area contributed by atoms with Crippen LogP contribution in [0.5, 0.6) is 0 Å². The van der Waals surface area contributed by atoms with E-state index >= 15 is 0 Å². The summed E-state index contributed by atoms with van der Waals surface area (Å²) in [5.41, 5.74) is 3.02. The van der Waals surface area contributed by atoms with Gasteiger partial charge in [0.15, 0.2) is 0 Å². The molecule has 27 heavy (non-hydrogen) atoms. The highest BCUT2D eigenvalue weighted by atomic mass is 79.9. The van der Waals surface area contributed by atoms with Crippen molar-refractivity contribution in [3.8, 4) is 0 Å². The molecule has 0 radical (unpaired) electrons. The van der Waals surface area contributed by atoms with Crippen LogP contribution in [0.3, 0.4) is 0 Å². The number of nitrogens with zero attached hydrogens (tertiary/aromatic N) is 1. The smallest absolute Gasteiger partial charge is 0.303 e. The van der Waals surface area contributed by atoms with Crippen molar-refractivity contribution in [1.29, 1.82) is 0 Å². The molecule has 0 fully saturated rings. The fourth-order valence-electron chi connectivity index (χ4n) is 4.39. The monoisotopic (exact) mass is 433 g/mol. The van der Waals surface area contributed by atoms with E-state index in [0.29, 0.717) is 12.5 Å². The van der Waals surface area contributed by atoms with Crippen LogP contribution in [0.4, 0.5) is 5.69 Å². The van der Waals surface area contributed by atoms with Gasteiger partial charge in [0.25, 0.3) is 0 Å². The second-order valence-electron chi connectivity index (χ2n) is 8.18. The van der Waals surface area contributed by atoms with Crippen LogP contribution in [0, 0.1) is 0 Å². The molecule has 3 nitrogen and oxygen atoms in total. The van der Waals surface area contributed by atoms with Crippen molar-refractivity contribution in [1.82, 2.24) is 0 Å². The molecule has 0 aliphatic carbocycles. The molecule has 0 spiro atoms. The van der Waals surface area contributed by atoms with Gasteiger partial charge in [-0.1, -0.05) is 63.4 Å². The highest BCUT2D eigenvalue weighted by molar-refractivity contribution is 8.93. The first kappa shape index (κ1) is 21.7. The Bertz CT molecular complexity index is 787. The molecule has 1 aliphatic rings. The van der Waals surface area contributed by atoms with E-state index in [1.54, 1.807) is 0 Å². The number of anilines is 1. The molecule has 0 saturated carbocycles. The van der Waals surface area contributed by atoms with Crippen molar-refractivity contribution >= 4 is 39.4 Å². The lowest BCUT2D eigenvalue weighted by Gasteiger charge is -2.31. The highest BCUT2D eigenvalue weighted by Gasteiger charge is 2.42. The first-order valence-electron chi connectivity index (χ1n) is 9.93. The molecule has 1 N–H and O–H groups in total. The van der Waals surface area contributed by atoms with E-state index in [-0.39, 0.29) is 22.4 Å². The quantitative estimate of drug-likeness (QED) is 0.494. The van der Waals surface area contributed by atoms with Gasteiger partial charge in [-0.25, -0.2) is 0 Å². The molecule has 0 aromatic heterocycles. The highest BCUT2D eigenvalue weighted by Crippen LogP contribution is 2.48. The molecule has 1 aliphatic heterocycles. The van der Waals surface area contributed by atoms with Crippen LogP contribution in [0.25, 0.3) is 10.8 Å². The van der Waals surface area contributed by atoms with Gasteiger partial charge in [0, 0.05) is 30.1 Å². The van der Waals surface area contributed by atoms with E-state index < -0.39 is 5.97 Å². The van der Waals surface area contributed by atoms with Crippen molar-refractivity contribution in [3.05, 3.63) is 42.0 Å². The Morgan fingerprint density at radius 1 is 1.04 bits per heavy atom. The van der Waals surface area contributed by atoms with E-state index in [1.807, 2.05) is 0 Å². The lowest BCUT2D eigenvalue weighted by molar-refractivity contribution is -0.137. The molecule has 2 aromatic carbocycles. The SMILES string of the molecule is Br.CC1N(CCCCCCCC(=O)O)c2ccc3ccccc3c2C1(C)C. The molecular formula is C23H32BrNO2. The molecular weight excluding hydrogens is 402 g/mol. The zero-order chi connectivity index (χ0) is 18.7. The van der Waals surface area contributed by atoms with E-state index in [4.69, 9.17) is 5.11 Å². The van der Waals surface area contributed by atoms with Gasteiger partial charge in [0.05, 0.1) is 0 Å². The third-order valence-corrected chi connectivity index (χ3v) is 6.16. The Labute approximate surface area is 173 Å². The fraction of sp³-hybridized carbons (Fsp3) is 0.522. The maximum absolute atomic E-state index is 10.6. The van der Waals surface area contributed by atoms with Gasteiger partial charge in [0.1, 0.15) is 0 Å². The number of rotatable bonds is 8. The van der Waals surface area contributed by atoms with Crippen LogP contribution in [-0.4, -0.2) is 23.7 Å². The normalized spacial score (nSPS) is 17.6. The molecule has 3 rings (SSSR count). The maximum atomic E-state index is 10.6. The van der Waals surface area contributed by atoms with Gasteiger partial charge >= 0.3 is 5.97 Å². The molecule has 1 unspecified atom stereocenters. The predicted molar refractivity (Wildman–Crippen MR) is 119 cm³/mol. The van der Waals surface area contributed by atoms with Gasteiger partial charge in [-0.15, -0.1) is 17.0 Å². The van der Waals surface area contributed by atoms with E-state index in [2.05, 4.69) is 62.1 Å². The zero-order valence-electron chi connectivity index (χ0n) is 16.7. The summed E-state index contributed by atoms with van der Waals surface area (Å²) in [7, 11) is 0. The Morgan fingerprint density at radius 3 is 2.44 bits per heavy atom. The van der Waals surface area contributed by atoms with Gasteiger partial charge < -0.3 is 10.0 Å². The van der Waals surface area contributed by atoms with Gasteiger partial charge in [-0.3, -0.25) is 4.79 Å². The predicted octanol–water partition coefficient (Wildman–Crippen LogP) is 6.33. The minimum atomic E-state index is -0.679. The summed E-state index contributed by atoms with van der Waals surface area (Å²) in [6.07, 6.45) is 5.60. The largest absolute Gasteiger partial charge is 0.481 e. The Kier molecular flexibility index (Phi) is 7.32. The third-order valence-electron chi connectivity index (χ3n) is 6.16. The molecule has 2 aromatic rings. The molecule has 148 valence electrons. The molecule has 0 amide bonds. The number of benzene rings is 2. The Morgan fingerprint density at radius 2 is 1.70 bits per heavy atom. The van der Waals surface area contributed by atoms with Crippen molar-refractivity contribution in [3.63, 3.8) is 0 Å². The van der Waals surface area contributed by atoms with Crippen molar-refractivity contribution < 1.29 is 9.90 Å². The first-order chi connectivity index (χ1) is 12.4. The minimum Gasteiger partial charge on any atom is -0.481 e. The Hall–Kier alpha value is -1.55. The van der Waals surface area contributed by atoms with Crippen LogP contribution in [0.1, 0.15) is 64.9 Å². The zero-order valence-corrected chi connectivity index (χ0v) is 18.4. The number of halogens is 1. The second kappa shape index (κ2) is 9.09. The molecule has 1 atom stereocenters. The average Bonchev–Trinajstić information content (AvgIpc) is 2.81. The number of unbranched alkanes of at least 4 members (excludes halogenated alkanes) is 4. The topological polar surface area (TPSA) is 40.5 Å². The van der Waals surface area contributed by atoms with Crippen molar-refractivity contribution in [2.24, 2.45) is 0 Å². The van der Waals surface area contributed by atoms with E-state index in [1.165, 1.54) is 34.9 Å². The van der Waals surface area contributed by atoms with Crippen molar-refractivity contribution in [2.75, 3.05) is 11.4 Å². The molecule has 0 saturated heterocycles. The summed E-state index contributed by atoms with van der Waals surface area (Å²) in [6, 6.07) is 13.8. The van der Waals surface area contributed by atoms with Crippen LogP contribution < -0.4 is 4.90 Å². The number of aliphatic carboxylic acids is 1. The summed E-state index contributed by atoms with van der Waals surface area (Å²) in [4.78, 5) is 13.1. The lowest BCUT2D eigenvalue weighted by atomic mass is 9.79. The molecule has 4 heteroatoms. The van der Waals surface area contributed by atoms with E-state index in [9.17, 15) is 4.79 Å². The van der Waals surface area contributed by atoms with Gasteiger partial charge in [-0.2, -0.15) is 0 Å². The number of carbonyl (C=O) groups is 1. The first-order valence-corrected chi connectivity index (χ1v) is 9.93. The number of carboxylic acid groups (broad SMARTS) is 1. The van der Waals surface area contributed by atoms with Crippen LogP contribution in [0.15, 0.2) is 36.4 Å². The van der Waals surface area contributed by atoms with Crippen molar-refractivity contribution in [2.45, 2.75) is 70.8 Å². The number of hydrogen-bond acceptors (Lipinski definition) is 2. The molecule has 1 heterocycles. The third kappa shape index (κ3) is 4.48. The summed E-state index contributed by atoms with van der Waals surface area (Å²) in [6.45, 7) is 8.17. The van der Waals surface area contributed by atoms with Crippen LogP contribution in [0.2, 0.25) is 0 Å². The summed E-state index contributed by atoms with van der Waals surface area (Å²) in [5.74, 6) is -0.679. The van der Waals surface area contributed by atoms with Crippen LogP contribution >= 0.6 is 17.0 Å². The van der Waals surface area contributed by atoms with Gasteiger partial charge in [0.2, 0.25) is 0 Å². The van der Waals surface area contributed by atoms with Crippen LogP contribution in [-0.2, 0) is 10.2 Å².